The van der Waals surface area contributed by atoms with Crippen molar-refractivity contribution >= 4 is 15.9 Å². The van der Waals surface area contributed by atoms with E-state index in [0.29, 0.717) is 0 Å². The van der Waals surface area contributed by atoms with E-state index < -0.39 is 5.92 Å². The summed E-state index contributed by atoms with van der Waals surface area (Å²) in [6.07, 6.45) is 1.19. The van der Waals surface area contributed by atoms with Gasteiger partial charge in [-0.15, -0.1) is 0 Å². The highest BCUT2D eigenvalue weighted by Gasteiger charge is 2.30. The minimum Gasteiger partial charge on any atom is -0.254 e. The smallest absolute Gasteiger partial charge is 0.254 e. The monoisotopic (exact) mass is 249 g/mol. The van der Waals surface area contributed by atoms with Crippen LogP contribution in [0.4, 0.5) is 8.78 Å². The summed E-state index contributed by atoms with van der Waals surface area (Å²) >= 11 is 3.21. The highest BCUT2D eigenvalue weighted by Crippen LogP contribution is 2.31. The molecule has 0 atom stereocenters. The number of alkyl halides is 2. The third kappa shape index (κ3) is 2.24. The van der Waals surface area contributed by atoms with Crippen LogP contribution in [-0.4, -0.2) is 4.98 Å². The molecule has 0 unspecified atom stereocenters. The minimum atomic E-state index is -2.81. The lowest BCUT2D eigenvalue weighted by Crippen LogP contribution is -2.13. The SMILES string of the molecule is CCC(F)(F)c1cc(C)c(Br)cn1. The summed E-state index contributed by atoms with van der Waals surface area (Å²) in [5, 5.41) is 0. The number of aryl methyl sites for hydroxylation is 1. The van der Waals surface area contributed by atoms with Crippen LogP contribution in [0.5, 0.6) is 0 Å². The van der Waals surface area contributed by atoms with E-state index in [-0.39, 0.29) is 12.1 Å². The lowest BCUT2D eigenvalue weighted by molar-refractivity contribution is -0.0128. The van der Waals surface area contributed by atoms with Crippen molar-refractivity contribution in [1.29, 1.82) is 0 Å². The molecule has 0 spiro atoms. The molecule has 0 aliphatic carbocycles. The molecule has 0 aromatic carbocycles. The maximum Gasteiger partial charge on any atom is 0.289 e. The number of halogens is 3. The first-order valence-electron chi connectivity index (χ1n) is 3.98. The lowest BCUT2D eigenvalue weighted by atomic mass is 10.1. The van der Waals surface area contributed by atoms with Crippen LogP contribution in [-0.2, 0) is 5.92 Å². The average Bonchev–Trinajstić information content (AvgIpc) is 2.09. The number of aromatic nitrogens is 1. The van der Waals surface area contributed by atoms with Gasteiger partial charge in [0.1, 0.15) is 5.69 Å². The van der Waals surface area contributed by atoms with Gasteiger partial charge in [0.2, 0.25) is 0 Å². The van der Waals surface area contributed by atoms with E-state index in [0.717, 1.165) is 10.0 Å². The molecule has 1 aromatic rings. The molecule has 72 valence electrons. The van der Waals surface area contributed by atoms with Crippen molar-refractivity contribution < 1.29 is 8.78 Å². The zero-order valence-corrected chi connectivity index (χ0v) is 9.03. The van der Waals surface area contributed by atoms with Crippen LogP contribution in [0.25, 0.3) is 0 Å². The van der Waals surface area contributed by atoms with E-state index in [4.69, 9.17) is 0 Å². The zero-order chi connectivity index (χ0) is 10.1. The number of rotatable bonds is 2. The first-order chi connectivity index (χ1) is 5.97. The fourth-order valence-corrected chi connectivity index (χ4v) is 1.14. The number of pyridine rings is 1. The predicted molar refractivity (Wildman–Crippen MR) is 50.9 cm³/mol. The first kappa shape index (κ1) is 10.6. The molecule has 0 saturated carbocycles. The summed E-state index contributed by atoms with van der Waals surface area (Å²) in [6.45, 7) is 3.21. The Bertz CT molecular complexity index is 312. The topological polar surface area (TPSA) is 12.9 Å². The van der Waals surface area contributed by atoms with E-state index in [1.807, 2.05) is 0 Å². The van der Waals surface area contributed by atoms with Gasteiger partial charge in [0.25, 0.3) is 5.92 Å². The van der Waals surface area contributed by atoms with Crippen molar-refractivity contribution in [2.45, 2.75) is 26.2 Å². The third-order valence-corrected chi connectivity index (χ3v) is 2.70. The summed E-state index contributed by atoms with van der Waals surface area (Å²) in [6, 6.07) is 1.41. The van der Waals surface area contributed by atoms with Crippen molar-refractivity contribution in [2.75, 3.05) is 0 Å². The molecule has 0 bridgehead atoms. The summed E-state index contributed by atoms with van der Waals surface area (Å²) in [5.41, 5.74) is 0.619. The zero-order valence-electron chi connectivity index (χ0n) is 7.44. The molecule has 0 radical (unpaired) electrons. The molecule has 1 heterocycles. The molecule has 1 rings (SSSR count). The average molecular weight is 250 g/mol. The largest absolute Gasteiger partial charge is 0.289 e. The summed E-state index contributed by atoms with van der Waals surface area (Å²) in [7, 11) is 0. The van der Waals surface area contributed by atoms with E-state index in [2.05, 4.69) is 20.9 Å². The fourth-order valence-electron chi connectivity index (χ4n) is 0.920. The Hall–Kier alpha value is -0.510. The van der Waals surface area contributed by atoms with Gasteiger partial charge in [-0.05, 0) is 34.5 Å². The molecule has 1 nitrogen and oxygen atoms in total. The first-order valence-corrected chi connectivity index (χ1v) is 4.77. The predicted octanol–water partition coefficient (Wildman–Crippen LogP) is 3.65. The minimum absolute atomic E-state index is 0.157. The van der Waals surface area contributed by atoms with Crippen LogP contribution in [0.2, 0.25) is 0 Å². The highest BCUT2D eigenvalue weighted by molar-refractivity contribution is 9.10. The van der Waals surface area contributed by atoms with Crippen LogP contribution >= 0.6 is 15.9 Å². The quantitative estimate of drug-likeness (QED) is 0.780. The fraction of sp³-hybridized carbons (Fsp3) is 0.444. The summed E-state index contributed by atoms with van der Waals surface area (Å²) in [4.78, 5) is 3.68. The normalized spacial score (nSPS) is 11.8. The molecule has 13 heavy (non-hydrogen) atoms. The standard InChI is InChI=1S/C9H10BrF2N/c1-3-9(11,12)8-4-6(2)7(10)5-13-8/h4-5H,3H2,1-2H3. The maximum atomic E-state index is 13.1. The molecular formula is C9H10BrF2N. The van der Waals surface area contributed by atoms with Crippen LogP contribution in [0, 0.1) is 6.92 Å². The second-order valence-electron chi connectivity index (χ2n) is 2.88. The van der Waals surface area contributed by atoms with Crippen LogP contribution < -0.4 is 0 Å². The van der Waals surface area contributed by atoms with E-state index in [9.17, 15) is 8.78 Å². The Balaban J connectivity index is 3.10. The van der Waals surface area contributed by atoms with Gasteiger partial charge in [0.05, 0.1) is 0 Å². The number of hydrogen-bond acceptors (Lipinski definition) is 1. The van der Waals surface area contributed by atoms with Crippen molar-refractivity contribution in [3.05, 3.63) is 28.0 Å². The van der Waals surface area contributed by atoms with E-state index in [1.165, 1.54) is 19.2 Å². The van der Waals surface area contributed by atoms with Crippen LogP contribution in [0.3, 0.4) is 0 Å². The third-order valence-electron chi connectivity index (χ3n) is 1.87. The second-order valence-corrected chi connectivity index (χ2v) is 3.73. The van der Waals surface area contributed by atoms with Crippen LogP contribution in [0.1, 0.15) is 24.6 Å². The molecule has 0 fully saturated rings. The Morgan fingerprint density at radius 1 is 1.54 bits per heavy atom. The number of hydrogen-bond donors (Lipinski definition) is 0. The Kier molecular flexibility index (Phi) is 3.01. The van der Waals surface area contributed by atoms with Crippen molar-refractivity contribution in [3.8, 4) is 0 Å². The Morgan fingerprint density at radius 3 is 2.62 bits per heavy atom. The molecule has 0 N–H and O–H groups in total. The highest BCUT2D eigenvalue weighted by atomic mass is 79.9. The molecule has 0 aliphatic heterocycles. The molecule has 4 heteroatoms. The lowest BCUT2D eigenvalue weighted by Gasteiger charge is -2.13. The Morgan fingerprint density at radius 2 is 2.15 bits per heavy atom. The van der Waals surface area contributed by atoms with Crippen molar-refractivity contribution in [1.82, 2.24) is 4.98 Å². The van der Waals surface area contributed by atoms with Gasteiger partial charge < -0.3 is 0 Å². The van der Waals surface area contributed by atoms with Crippen LogP contribution in [0.15, 0.2) is 16.7 Å². The maximum absolute atomic E-state index is 13.1. The van der Waals surface area contributed by atoms with Gasteiger partial charge in [-0.3, -0.25) is 4.98 Å². The summed E-state index contributed by atoms with van der Waals surface area (Å²) in [5.74, 6) is -2.81. The van der Waals surface area contributed by atoms with Gasteiger partial charge in [-0.2, -0.15) is 8.78 Å². The van der Waals surface area contributed by atoms with Gasteiger partial charge in [-0.25, -0.2) is 0 Å². The second kappa shape index (κ2) is 3.70. The molecule has 0 aliphatic rings. The van der Waals surface area contributed by atoms with E-state index >= 15 is 0 Å². The van der Waals surface area contributed by atoms with E-state index in [1.54, 1.807) is 6.92 Å². The van der Waals surface area contributed by atoms with Gasteiger partial charge >= 0.3 is 0 Å². The van der Waals surface area contributed by atoms with Gasteiger partial charge in [0.15, 0.2) is 0 Å². The summed E-state index contributed by atoms with van der Waals surface area (Å²) < 4.78 is 27.0. The van der Waals surface area contributed by atoms with Gasteiger partial charge in [0, 0.05) is 17.1 Å². The van der Waals surface area contributed by atoms with Gasteiger partial charge in [-0.1, -0.05) is 6.92 Å². The van der Waals surface area contributed by atoms with Crippen molar-refractivity contribution in [3.63, 3.8) is 0 Å². The Labute approximate surface area is 84.3 Å². The van der Waals surface area contributed by atoms with Crippen molar-refractivity contribution in [2.24, 2.45) is 0 Å². The molecule has 1 aromatic heterocycles. The molecule has 0 amide bonds. The molecular weight excluding hydrogens is 240 g/mol. The number of nitrogens with zero attached hydrogens (tertiary/aromatic N) is 1. The molecule has 0 saturated heterocycles.